The van der Waals surface area contributed by atoms with E-state index in [1.807, 2.05) is 0 Å². The predicted molar refractivity (Wildman–Crippen MR) is 96.3 cm³/mol. The highest BCUT2D eigenvalue weighted by Crippen LogP contribution is 2.24. The van der Waals surface area contributed by atoms with E-state index in [1.165, 1.54) is 48.7 Å². The summed E-state index contributed by atoms with van der Waals surface area (Å²) in [6.07, 6.45) is 1.80. The molecule has 0 radical (unpaired) electrons. The molecule has 0 saturated heterocycles. The normalized spacial score (nSPS) is 11.5. The fourth-order valence-electron chi connectivity index (χ4n) is 2.48. The van der Waals surface area contributed by atoms with Crippen LogP contribution in [0.15, 0.2) is 74.7 Å². The number of nitrogens with zero attached hydrogens (tertiary/aromatic N) is 3. The lowest BCUT2D eigenvalue weighted by atomic mass is 10.2. The van der Waals surface area contributed by atoms with Crippen LogP contribution < -0.4 is 4.72 Å². The van der Waals surface area contributed by atoms with Crippen LogP contribution in [0.4, 0.5) is 10.1 Å². The summed E-state index contributed by atoms with van der Waals surface area (Å²) in [5.41, 5.74) is 0.271. The van der Waals surface area contributed by atoms with Crippen molar-refractivity contribution in [1.82, 2.24) is 15.3 Å². The fraction of sp³-hybridized carbons (Fsp3) is 0.0556. The zero-order valence-electron chi connectivity index (χ0n) is 14.2. The van der Waals surface area contributed by atoms with Gasteiger partial charge in [-0.05, 0) is 30.3 Å². The maximum absolute atomic E-state index is 13.8. The minimum absolute atomic E-state index is 0.0664. The zero-order chi connectivity index (χ0) is 19.6. The van der Waals surface area contributed by atoms with Crippen molar-refractivity contribution in [3.05, 3.63) is 78.2 Å². The van der Waals surface area contributed by atoms with Gasteiger partial charge in [0.25, 0.3) is 15.9 Å². The van der Waals surface area contributed by atoms with E-state index < -0.39 is 15.8 Å². The molecule has 28 heavy (non-hydrogen) atoms. The number of sulfonamides is 1. The minimum atomic E-state index is -4.00. The molecule has 0 aliphatic heterocycles. The molecule has 2 aromatic heterocycles. The second kappa shape index (κ2) is 7.24. The van der Waals surface area contributed by atoms with Crippen LogP contribution in [-0.4, -0.2) is 23.7 Å². The summed E-state index contributed by atoms with van der Waals surface area (Å²) >= 11 is 0. The third kappa shape index (κ3) is 3.76. The maximum atomic E-state index is 13.8. The highest BCUT2D eigenvalue weighted by molar-refractivity contribution is 7.92. The molecule has 142 valence electrons. The number of hydrogen-bond acceptors (Lipinski definition) is 7. The maximum Gasteiger partial charge on any atom is 0.262 e. The number of hydrogen-bond donors (Lipinski definition) is 1. The molecule has 0 saturated carbocycles. The predicted octanol–water partition coefficient (Wildman–Crippen LogP) is 3.26. The lowest BCUT2D eigenvalue weighted by molar-refractivity contribution is 0.382. The number of nitrogens with one attached hydrogen (secondary N) is 1. The van der Waals surface area contributed by atoms with Crippen LogP contribution >= 0.6 is 0 Å². The third-order valence-electron chi connectivity index (χ3n) is 3.80. The Balaban J connectivity index is 1.59. The number of benzene rings is 2. The largest absolute Gasteiger partial charge is 0.361 e. The molecule has 0 spiro atoms. The van der Waals surface area contributed by atoms with Gasteiger partial charge in [-0.25, -0.2) is 12.8 Å². The van der Waals surface area contributed by atoms with Crippen LogP contribution in [0.2, 0.25) is 0 Å². The van der Waals surface area contributed by atoms with Crippen molar-refractivity contribution in [1.29, 1.82) is 0 Å². The zero-order valence-corrected chi connectivity index (χ0v) is 15.1. The SMILES string of the molecule is O=S(=O)(Nc1ccccc1F)c1cccc(-c2nc(Cc3ccno3)no2)c1. The summed E-state index contributed by atoms with van der Waals surface area (Å²) in [6.45, 7) is 0. The molecule has 0 atom stereocenters. The molecular weight excluding hydrogens is 387 g/mol. The monoisotopic (exact) mass is 400 g/mol. The van der Waals surface area contributed by atoms with Crippen molar-refractivity contribution in [2.75, 3.05) is 4.72 Å². The van der Waals surface area contributed by atoms with E-state index in [0.717, 1.165) is 0 Å². The molecule has 1 N–H and O–H groups in total. The summed E-state index contributed by atoms with van der Waals surface area (Å²) < 4.78 is 51.4. The number of halogens is 1. The summed E-state index contributed by atoms with van der Waals surface area (Å²) in [7, 11) is -4.00. The van der Waals surface area contributed by atoms with Crippen molar-refractivity contribution in [3.63, 3.8) is 0 Å². The van der Waals surface area contributed by atoms with E-state index in [9.17, 15) is 12.8 Å². The van der Waals surface area contributed by atoms with Gasteiger partial charge in [0.2, 0.25) is 0 Å². The topological polar surface area (TPSA) is 111 Å². The van der Waals surface area contributed by atoms with Crippen molar-refractivity contribution in [2.24, 2.45) is 0 Å². The smallest absolute Gasteiger partial charge is 0.262 e. The number of para-hydroxylation sites is 1. The first-order valence-electron chi connectivity index (χ1n) is 8.11. The molecule has 4 rings (SSSR count). The van der Waals surface area contributed by atoms with Gasteiger partial charge in [-0.15, -0.1) is 0 Å². The van der Waals surface area contributed by atoms with E-state index in [4.69, 9.17) is 9.05 Å². The molecule has 0 fully saturated rings. The minimum Gasteiger partial charge on any atom is -0.361 e. The molecule has 0 bridgehead atoms. The highest BCUT2D eigenvalue weighted by Gasteiger charge is 2.18. The molecule has 0 aliphatic rings. The molecular formula is C18H13FN4O4S. The van der Waals surface area contributed by atoms with Crippen LogP contribution in [0.25, 0.3) is 11.5 Å². The van der Waals surface area contributed by atoms with Crippen LogP contribution in [0.1, 0.15) is 11.6 Å². The van der Waals surface area contributed by atoms with Crippen LogP contribution in [0, 0.1) is 5.82 Å². The summed E-state index contributed by atoms with van der Waals surface area (Å²) in [5.74, 6) is 0.413. The summed E-state index contributed by atoms with van der Waals surface area (Å²) in [6, 6.07) is 13.1. The first-order valence-corrected chi connectivity index (χ1v) is 9.59. The van der Waals surface area contributed by atoms with E-state index in [0.29, 0.717) is 17.1 Å². The van der Waals surface area contributed by atoms with E-state index >= 15 is 0 Å². The second-order valence-corrected chi connectivity index (χ2v) is 7.47. The Labute approximate surface area is 159 Å². The molecule has 2 aromatic carbocycles. The van der Waals surface area contributed by atoms with Gasteiger partial charge in [-0.1, -0.05) is 28.5 Å². The highest BCUT2D eigenvalue weighted by atomic mass is 32.2. The van der Waals surface area contributed by atoms with Crippen molar-refractivity contribution in [2.45, 2.75) is 11.3 Å². The molecule has 0 unspecified atom stereocenters. The van der Waals surface area contributed by atoms with Gasteiger partial charge < -0.3 is 9.05 Å². The first kappa shape index (κ1) is 17.9. The quantitative estimate of drug-likeness (QED) is 0.529. The van der Waals surface area contributed by atoms with Gasteiger partial charge in [-0.3, -0.25) is 4.72 Å². The lowest BCUT2D eigenvalue weighted by Gasteiger charge is -2.09. The average molecular weight is 400 g/mol. The van der Waals surface area contributed by atoms with Gasteiger partial charge in [0.15, 0.2) is 5.82 Å². The fourth-order valence-corrected chi connectivity index (χ4v) is 3.59. The number of rotatable bonds is 6. The van der Waals surface area contributed by atoms with Gasteiger partial charge in [0.05, 0.1) is 23.2 Å². The molecule has 4 aromatic rings. The standard InChI is InChI=1S/C18H13FN4O4S/c19-15-6-1-2-7-16(15)23-28(24,25)14-5-3-4-12(10-14)18-21-17(22-27-18)11-13-8-9-20-26-13/h1-10,23H,11H2. The third-order valence-corrected chi connectivity index (χ3v) is 5.16. The lowest BCUT2D eigenvalue weighted by Crippen LogP contribution is -2.14. The Kier molecular flexibility index (Phi) is 4.62. The molecule has 0 aliphatic carbocycles. The van der Waals surface area contributed by atoms with Gasteiger partial charge >= 0.3 is 0 Å². The number of anilines is 1. The Morgan fingerprint density at radius 2 is 1.89 bits per heavy atom. The molecule has 0 amide bonds. The molecule has 8 nitrogen and oxygen atoms in total. The van der Waals surface area contributed by atoms with Crippen LogP contribution in [0.3, 0.4) is 0 Å². The number of aromatic nitrogens is 3. The second-order valence-electron chi connectivity index (χ2n) is 5.78. The van der Waals surface area contributed by atoms with Crippen molar-refractivity contribution >= 4 is 15.7 Å². The Morgan fingerprint density at radius 3 is 2.68 bits per heavy atom. The van der Waals surface area contributed by atoms with Gasteiger partial charge in [-0.2, -0.15) is 4.98 Å². The van der Waals surface area contributed by atoms with E-state index in [2.05, 4.69) is 20.0 Å². The van der Waals surface area contributed by atoms with E-state index in [-0.39, 0.29) is 22.9 Å². The van der Waals surface area contributed by atoms with Crippen LogP contribution in [0.5, 0.6) is 0 Å². The molecule has 10 heteroatoms. The Morgan fingerprint density at radius 1 is 1.04 bits per heavy atom. The summed E-state index contributed by atoms with van der Waals surface area (Å²) in [4.78, 5) is 4.17. The van der Waals surface area contributed by atoms with Crippen LogP contribution in [-0.2, 0) is 16.4 Å². The summed E-state index contributed by atoms with van der Waals surface area (Å²) in [5, 5.41) is 7.45. The van der Waals surface area contributed by atoms with E-state index in [1.54, 1.807) is 12.1 Å². The van der Waals surface area contributed by atoms with Gasteiger partial charge in [0, 0.05) is 11.6 Å². The van der Waals surface area contributed by atoms with Gasteiger partial charge in [0.1, 0.15) is 11.6 Å². The van der Waals surface area contributed by atoms with Crippen molar-refractivity contribution in [3.8, 4) is 11.5 Å². The molecule has 2 heterocycles. The Bertz CT molecular complexity index is 1210. The van der Waals surface area contributed by atoms with Crippen molar-refractivity contribution < 1.29 is 21.9 Å². The Hall–Kier alpha value is -3.53. The average Bonchev–Trinajstić information content (AvgIpc) is 3.36. The first-order chi connectivity index (χ1) is 13.5.